The Morgan fingerprint density at radius 3 is 2.29 bits per heavy atom. The van der Waals surface area contributed by atoms with Crippen LogP contribution in [0.3, 0.4) is 0 Å². The summed E-state index contributed by atoms with van der Waals surface area (Å²) in [6.07, 6.45) is 2.12. The molecular formula is C10H14O2S2. The first-order valence-corrected chi connectivity index (χ1v) is 6.31. The van der Waals surface area contributed by atoms with E-state index in [9.17, 15) is 8.42 Å². The van der Waals surface area contributed by atoms with E-state index in [1.807, 2.05) is 0 Å². The fourth-order valence-corrected chi connectivity index (χ4v) is 4.83. The quantitative estimate of drug-likeness (QED) is 0.586. The molecular weight excluding hydrogens is 216 g/mol. The molecule has 2 rings (SSSR count). The molecule has 0 aromatic heterocycles. The van der Waals surface area contributed by atoms with E-state index in [2.05, 4.69) is 20.8 Å². The average Bonchev–Trinajstić information content (AvgIpc) is 2.46. The minimum Gasteiger partial charge on any atom is -0.212 e. The lowest BCUT2D eigenvalue weighted by Gasteiger charge is -2.33. The average molecular weight is 230 g/mol. The SMILES string of the molecule is CC12CCC(C(=S=O)C1=S=O)C2(C)C. The number of hydrogen-bond acceptors (Lipinski definition) is 2. The van der Waals surface area contributed by atoms with Crippen LogP contribution in [0, 0.1) is 16.7 Å². The highest BCUT2D eigenvalue weighted by atomic mass is 32.1. The zero-order valence-corrected chi connectivity index (χ0v) is 10.3. The van der Waals surface area contributed by atoms with Gasteiger partial charge in [0, 0.05) is 11.3 Å². The third-order valence-electron chi connectivity index (χ3n) is 4.44. The Morgan fingerprint density at radius 2 is 1.86 bits per heavy atom. The van der Waals surface area contributed by atoms with Gasteiger partial charge in [-0.05, 0) is 18.3 Å². The van der Waals surface area contributed by atoms with Crippen LogP contribution in [0.25, 0.3) is 0 Å². The summed E-state index contributed by atoms with van der Waals surface area (Å²) < 4.78 is 22.1. The van der Waals surface area contributed by atoms with Gasteiger partial charge in [-0.2, -0.15) is 0 Å². The molecule has 2 unspecified atom stereocenters. The van der Waals surface area contributed by atoms with Crippen molar-refractivity contribution in [3.8, 4) is 0 Å². The minimum atomic E-state index is -0.0448. The van der Waals surface area contributed by atoms with Crippen molar-refractivity contribution in [2.24, 2.45) is 16.7 Å². The van der Waals surface area contributed by atoms with Crippen molar-refractivity contribution in [1.82, 2.24) is 0 Å². The van der Waals surface area contributed by atoms with Crippen molar-refractivity contribution < 1.29 is 8.42 Å². The summed E-state index contributed by atoms with van der Waals surface area (Å²) in [6.45, 7) is 6.50. The standard InChI is InChI=1S/C10H14O2S2/c1-9(2)6-4-5-10(9,3)8(14-12)7(6)13-11/h6H,4-5H2,1-3H3. The zero-order chi connectivity index (χ0) is 10.6. The zero-order valence-electron chi connectivity index (χ0n) is 8.62. The molecule has 0 heterocycles. The molecule has 0 aromatic carbocycles. The molecule has 2 aliphatic carbocycles. The summed E-state index contributed by atoms with van der Waals surface area (Å²) >= 11 is 1.08. The summed E-state index contributed by atoms with van der Waals surface area (Å²) in [5, 5.41) is 0. The first kappa shape index (κ1) is 10.3. The number of rotatable bonds is 0. The van der Waals surface area contributed by atoms with Crippen molar-refractivity contribution in [2.75, 3.05) is 0 Å². The monoisotopic (exact) mass is 230 g/mol. The summed E-state index contributed by atoms with van der Waals surface area (Å²) in [6, 6.07) is 0. The third-order valence-corrected chi connectivity index (χ3v) is 6.08. The predicted molar refractivity (Wildman–Crippen MR) is 60.9 cm³/mol. The minimum absolute atomic E-state index is 0.0448. The van der Waals surface area contributed by atoms with Gasteiger partial charge in [0.15, 0.2) is 0 Å². The maximum Gasteiger partial charge on any atom is 0.0939 e. The predicted octanol–water partition coefficient (Wildman–Crippen LogP) is 1.21. The summed E-state index contributed by atoms with van der Waals surface area (Å²) in [7, 11) is 0. The van der Waals surface area contributed by atoms with Crippen LogP contribution < -0.4 is 0 Å². The fraction of sp³-hybridized carbons (Fsp3) is 0.800. The molecule has 2 bridgehead atoms. The molecule has 2 fully saturated rings. The van der Waals surface area contributed by atoms with Gasteiger partial charge in [0.05, 0.1) is 32.2 Å². The van der Waals surface area contributed by atoms with E-state index in [1.54, 1.807) is 0 Å². The molecule has 2 aliphatic rings. The second-order valence-corrected chi connectivity index (χ2v) is 6.19. The Balaban J connectivity index is 2.72. The molecule has 0 spiro atoms. The van der Waals surface area contributed by atoms with Gasteiger partial charge < -0.3 is 0 Å². The van der Waals surface area contributed by atoms with Crippen molar-refractivity contribution in [3.63, 3.8) is 0 Å². The lowest BCUT2D eigenvalue weighted by Crippen LogP contribution is -2.33. The van der Waals surface area contributed by atoms with Crippen LogP contribution in [-0.4, -0.2) is 18.1 Å². The van der Waals surface area contributed by atoms with Gasteiger partial charge >= 0.3 is 0 Å². The van der Waals surface area contributed by atoms with Crippen LogP contribution in [0.2, 0.25) is 0 Å². The van der Waals surface area contributed by atoms with E-state index in [0.29, 0.717) is 28.4 Å². The molecule has 2 nitrogen and oxygen atoms in total. The van der Waals surface area contributed by atoms with Gasteiger partial charge in [-0.1, -0.05) is 20.8 Å². The van der Waals surface area contributed by atoms with Crippen LogP contribution in [0.5, 0.6) is 0 Å². The van der Waals surface area contributed by atoms with Crippen molar-refractivity contribution in [2.45, 2.75) is 33.6 Å². The van der Waals surface area contributed by atoms with Gasteiger partial charge in [-0.25, -0.2) is 8.42 Å². The van der Waals surface area contributed by atoms with Crippen LogP contribution in [-0.2, 0) is 22.5 Å². The van der Waals surface area contributed by atoms with Gasteiger partial charge in [-0.15, -0.1) is 0 Å². The maximum absolute atomic E-state index is 11.1. The summed E-state index contributed by atoms with van der Waals surface area (Å²) in [4.78, 5) is 1.64. The van der Waals surface area contributed by atoms with E-state index < -0.39 is 0 Å². The second-order valence-electron chi connectivity index (χ2n) is 5.01. The molecule has 2 atom stereocenters. The topological polar surface area (TPSA) is 34.1 Å². The molecule has 2 saturated carbocycles. The lowest BCUT2D eigenvalue weighted by atomic mass is 9.71. The van der Waals surface area contributed by atoms with Gasteiger partial charge in [0.1, 0.15) is 0 Å². The van der Waals surface area contributed by atoms with Crippen LogP contribution in [0.1, 0.15) is 33.6 Å². The molecule has 0 N–H and O–H groups in total. The summed E-state index contributed by atoms with van der Waals surface area (Å²) in [5.74, 6) is 0.325. The fourth-order valence-electron chi connectivity index (χ4n) is 3.02. The number of hydrogen-bond donors (Lipinski definition) is 0. The first-order valence-electron chi connectivity index (χ1n) is 4.83. The maximum atomic E-state index is 11.1. The molecule has 14 heavy (non-hydrogen) atoms. The largest absolute Gasteiger partial charge is 0.212 e. The van der Waals surface area contributed by atoms with E-state index in [-0.39, 0.29) is 10.8 Å². The Hall–Kier alpha value is -0.220. The summed E-state index contributed by atoms with van der Waals surface area (Å²) in [5.41, 5.74) is 0.0450. The van der Waals surface area contributed by atoms with Crippen molar-refractivity contribution >= 4 is 32.2 Å². The van der Waals surface area contributed by atoms with E-state index in [0.717, 1.165) is 22.6 Å². The second kappa shape index (κ2) is 2.89. The highest BCUT2D eigenvalue weighted by Crippen LogP contribution is 2.62. The molecule has 4 heteroatoms. The molecule has 0 amide bonds. The van der Waals surface area contributed by atoms with E-state index in [1.165, 1.54) is 0 Å². The Labute approximate surface area is 91.2 Å². The third kappa shape index (κ3) is 0.910. The highest BCUT2D eigenvalue weighted by molar-refractivity contribution is 7.76. The molecule has 0 radical (unpaired) electrons. The Bertz CT molecular complexity index is 400. The van der Waals surface area contributed by atoms with Gasteiger partial charge in [0.25, 0.3) is 0 Å². The van der Waals surface area contributed by atoms with Crippen LogP contribution >= 0.6 is 0 Å². The molecule has 0 aliphatic heterocycles. The normalized spacial score (nSPS) is 38.9. The van der Waals surface area contributed by atoms with Crippen molar-refractivity contribution in [3.05, 3.63) is 0 Å². The highest BCUT2D eigenvalue weighted by Gasteiger charge is 2.63. The number of fused-ring (bicyclic) bond motifs is 2. The van der Waals surface area contributed by atoms with E-state index >= 15 is 0 Å². The molecule has 0 aromatic rings. The van der Waals surface area contributed by atoms with Gasteiger partial charge in [0.2, 0.25) is 0 Å². The Kier molecular flexibility index (Phi) is 2.13. The smallest absolute Gasteiger partial charge is 0.0939 e. The molecule has 78 valence electrons. The van der Waals surface area contributed by atoms with Crippen molar-refractivity contribution in [1.29, 1.82) is 0 Å². The Morgan fingerprint density at radius 1 is 1.21 bits per heavy atom. The lowest BCUT2D eigenvalue weighted by molar-refractivity contribution is 0.210. The van der Waals surface area contributed by atoms with E-state index in [4.69, 9.17) is 0 Å². The first-order chi connectivity index (χ1) is 6.49. The van der Waals surface area contributed by atoms with Gasteiger partial charge in [-0.3, -0.25) is 0 Å². The molecule has 0 saturated heterocycles. The van der Waals surface area contributed by atoms with Crippen LogP contribution in [0.15, 0.2) is 0 Å². The van der Waals surface area contributed by atoms with Crippen LogP contribution in [0.4, 0.5) is 0 Å².